The van der Waals surface area contributed by atoms with E-state index in [1.54, 1.807) is 13.2 Å². The quantitative estimate of drug-likeness (QED) is 0.761. The van der Waals surface area contributed by atoms with E-state index in [1.807, 2.05) is 12.1 Å². The zero-order chi connectivity index (χ0) is 11.8. The Labute approximate surface area is 96.2 Å². The summed E-state index contributed by atoms with van der Waals surface area (Å²) < 4.78 is 5.32. The SMILES string of the molecule is COc1cc(C#N)ccc1N1CC(C)(C)C1. The molecule has 0 aliphatic carbocycles. The number of anilines is 1. The summed E-state index contributed by atoms with van der Waals surface area (Å²) >= 11 is 0. The van der Waals surface area contributed by atoms with Crippen LogP contribution in [0.4, 0.5) is 5.69 Å². The second-order valence-corrected chi connectivity index (χ2v) is 5.02. The van der Waals surface area contributed by atoms with E-state index in [1.165, 1.54) is 0 Å². The fourth-order valence-corrected chi connectivity index (χ4v) is 2.17. The monoisotopic (exact) mass is 216 g/mol. The van der Waals surface area contributed by atoms with Crippen molar-refractivity contribution in [1.29, 1.82) is 5.26 Å². The summed E-state index contributed by atoms with van der Waals surface area (Å²) in [5.74, 6) is 0.787. The molecule has 0 bridgehead atoms. The molecule has 0 saturated carbocycles. The standard InChI is InChI=1S/C13H16N2O/c1-13(2)8-15(9-13)11-5-4-10(7-14)6-12(11)16-3/h4-6H,8-9H2,1-3H3. The summed E-state index contributed by atoms with van der Waals surface area (Å²) in [5.41, 5.74) is 2.11. The molecule has 1 fully saturated rings. The van der Waals surface area contributed by atoms with E-state index in [0.717, 1.165) is 24.5 Å². The molecular weight excluding hydrogens is 200 g/mol. The van der Waals surface area contributed by atoms with Gasteiger partial charge in [-0.15, -0.1) is 0 Å². The van der Waals surface area contributed by atoms with Crippen molar-refractivity contribution in [3.05, 3.63) is 23.8 Å². The van der Waals surface area contributed by atoms with Crippen LogP contribution in [0.25, 0.3) is 0 Å². The van der Waals surface area contributed by atoms with E-state index in [0.29, 0.717) is 11.0 Å². The Bertz CT molecular complexity index is 438. The van der Waals surface area contributed by atoms with E-state index in [-0.39, 0.29) is 0 Å². The van der Waals surface area contributed by atoms with Gasteiger partial charge in [-0.3, -0.25) is 0 Å². The molecule has 1 aromatic rings. The molecule has 1 heterocycles. The van der Waals surface area contributed by atoms with Crippen LogP contribution in [0.5, 0.6) is 5.75 Å². The van der Waals surface area contributed by atoms with Crippen molar-refractivity contribution in [2.75, 3.05) is 25.1 Å². The lowest BCUT2D eigenvalue weighted by Crippen LogP contribution is -2.53. The Balaban J connectivity index is 2.26. The molecule has 0 atom stereocenters. The van der Waals surface area contributed by atoms with E-state index in [2.05, 4.69) is 24.8 Å². The second-order valence-electron chi connectivity index (χ2n) is 5.02. The van der Waals surface area contributed by atoms with Crippen LogP contribution in [-0.2, 0) is 0 Å². The molecule has 84 valence electrons. The van der Waals surface area contributed by atoms with Gasteiger partial charge in [-0.25, -0.2) is 0 Å². The number of nitrogens with zero attached hydrogens (tertiary/aromatic N) is 2. The molecular formula is C13H16N2O. The minimum atomic E-state index is 0.388. The Morgan fingerprint density at radius 2 is 2.06 bits per heavy atom. The highest BCUT2D eigenvalue weighted by atomic mass is 16.5. The summed E-state index contributed by atoms with van der Waals surface area (Å²) in [5, 5.41) is 8.82. The van der Waals surface area contributed by atoms with Crippen molar-refractivity contribution in [3.63, 3.8) is 0 Å². The number of rotatable bonds is 2. The molecule has 0 unspecified atom stereocenters. The van der Waals surface area contributed by atoms with Gasteiger partial charge in [0.15, 0.2) is 0 Å². The zero-order valence-corrected chi connectivity index (χ0v) is 9.95. The summed E-state index contributed by atoms with van der Waals surface area (Å²) in [6.45, 7) is 6.57. The van der Waals surface area contributed by atoms with Crippen LogP contribution in [0.15, 0.2) is 18.2 Å². The first-order valence-electron chi connectivity index (χ1n) is 5.39. The third-order valence-corrected chi connectivity index (χ3v) is 2.89. The van der Waals surface area contributed by atoms with Crippen molar-refractivity contribution in [1.82, 2.24) is 0 Å². The van der Waals surface area contributed by atoms with E-state index >= 15 is 0 Å². The smallest absolute Gasteiger partial charge is 0.143 e. The highest BCUT2D eigenvalue weighted by Gasteiger charge is 2.35. The summed E-state index contributed by atoms with van der Waals surface area (Å²) in [6.07, 6.45) is 0. The Morgan fingerprint density at radius 3 is 2.56 bits per heavy atom. The van der Waals surface area contributed by atoms with E-state index < -0.39 is 0 Å². The molecule has 0 N–H and O–H groups in total. The Hall–Kier alpha value is -1.69. The predicted octanol–water partition coefficient (Wildman–Crippen LogP) is 2.41. The van der Waals surface area contributed by atoms with E-state index in [9.17, 15) is 0 Å². The summed E-state index contributed by atoms with van der Waals surface area (Å²) in [6, 6.07) is 7.72. The number of nitriles is 1. The lowest BCUT2D eigenvalue weighted by molar-refractivity contribution is 0.273. The normalized spacial score (nSPS) is 17.5. The molecule has 1 saturated heterocycles. The van der Waals surface area contributed by atoms with Crippen LogP contribution in [-0.4, -0.2) is 20.2 Å². The van der Waals surface area contributed by atoms with E-state index in [4.69, 9.17) is 10.00 Å². The average molecular weight is 216 g/mol. The van der Waals surface area contributed by atoms with Gasteiger partial charge in [0.05, 0.1) is 24.4 Å². The molecule has 1 aliphatic rings. The minimum absolute atomic E-state index is 0.388. The maximum atomic E-state index is 8.82. The number of hydrogen-bond acceptors (Lipinski definition) is 3. The molecule has 1 aliphatic heterocycles. The van der Waals surface area contributed by atoms with Gasteiger partial charge in [0.2, 0.25) is 0 Å². The summed E-state index contributed by atoms with van der Waals surface area (Å²) in [4.78, 5) is 2.28. The number of methoxy groups -OCH3 is 1. The highest BCUT2D eigenvalue weighted by Crippen LogP contribution is 2.38. The van der Waals surface area contributed by atoms with Crippen molar-refractivity contribution in [3.8, 4) is 11.8 Å². The van der Waals surface area contributed by atoms with Crippen molar-refractivity contribution >= 4 is 5.69 Å². The van der Waals surface area contributed by atoms with Gasteiger partial charge < -0.3 is 9.64 Å². The van der Waals surface area contributed by atoms with Gasteiger partial charge >= 0.3 is 0 Å². The van der Waals surface area contributed by atoms with Gasteiger partial charge in [-0.1, -0.05) is 13.8 Å². The maximum absolute atomic E-state index is 8.82. The number of benzene rings is 1. The van der Waals surface area contributed by atoms with Gasteiger partial charge in [0.25, 0.3) is 0 Å². The molecule has 3 nitrogen and oxygen atoms in total. The van der Waals surface area contributed by atoms with Crippen LogP contribution in [0.3, 0.4) is 0 Å². The average Bonchev–Trinajstić information content (AvgIpc) is 2.24. The minimum Gasteiger partial charge on any atom is -0.495 e. The Kier molecular flexibility index (Phi) is 2.51. The second kappa shape index (κ2) is 3.71. The van der Waals surface area contributed by atoms with Crippen molar-refractivity contribution < 1.29 is 4.74 Å². The Morgan fingerprint density at radius 1 is 1.38 bits per heavy atom. The van der Waals surface area contributed by atoms with Crippen LogP contribution in [0, 0.1) is 16.7 Å². The predicted molar refractivity (Wildman–Crippen MR) is 63.7 cm³/mol. The highest BCUT2D eigenvalue weighted by molar-refractivity contribution is 5.62. The molecule has 0 spiro atoms. The summed E-state index contributed by atoms with van der Waals surface area (Å²) in [7, 11) is 1.64. The lowest BCUT2D eigenvalue weighted by atomic mass is 9.84. The third kappa shape index (κ3) is 1.83. The number of hydrogen-bond donors (Lipinski definition) is 0. The topological polar surface area (TPSA) is 36.3 Å². The maximum Gasteiger partial charge on any atom is 0.143 e. The van der Waals surface area contributed by atoms with Crippen LogP contribution in [0.2, 0.25) is 0 Å². The van der Waals surface area contributed by atoms with Gasteiger partial charge in [-0.2, -0.15) is 5.26 Å². The molecule has 16 heavy (non-hydrogen) atoms. The molecule has 2 rings (SSSR count). The first kappa shape index (κ1) is 10.8. The molecule has 1 aromatic carbocycles. The van der Waals surface area contributed by atoms with Crippen LogP contribution >= 0.6 is 0 Å². The van der Waals surface area contributed by atoms with Gasteiger partial charge in [0.1, 0.15) is 5.75 Å². The zero-order valence-electron chi connectivity index (χ0n) is 9.95. The van der Waals surface area contributed by atoms with Crippen molar-refractivity contribution in [2.45, 2.75) is 13.8 Å². The molecule has 0 radical (unpaired) electrons. The fourth-order valence-electron chi connectivity index (χ4n) is 2.17. The van der Waals surface area contributed by atoms with Gasteiger partial charge in [0, 0.05) is 19.2 Å². The van der Waals surface area contributed by atoms with Crippen LogP contribution < -0.4 is 9.64 Å². The molecule has 0 aromatic heterocycles. The molecule has 3 heteroatoms. The fraction of sp³-hybridized carbons (Fsp3) is 0.462. The first-order valence-corrected chi connectivity index (χ1v) is 5.39. The molecule has 0 amide bonds. The first-order chi connectivity index (χ1) is 7.55. The van der Waals surface area contributed by atoms with Gasteiger partial charge in [-0.05, 0) is 17.5 Å². The largest absolute Gasteiger partial charge is 0.495 e. The van der Waals surface area contributed by atoms with Crippen molar-refractivity contribution in [2.24, 2.45) is 5.41 Å². The van der Waals surface area contributed by atoms with Crippen LogP contribution in [0.1, 0.15) is 19.4 Å². The lowest BCUT2D eigenvalue weighted by Gasteiger charge is -2.47. The third-order valence-electron chi connectivity index (χ3n) is 2.89. The number of ether oxygens (including phenoxy) is 1.